The summed E-state index contributed by atoms with van der Waals surface area (Å²) in [5.74, 6) is -0.524. The Morgan fingerprint density at radius 1 is 1.11 bits per heavy atom. The van der Waals surface area contributed by atoms with Gasteiger partial charge in [0, 0.05) is 25.2 Å². The molecule has 1 aromatic heterocycles. The number of aliphatic hydroxyl groups excluding tert-OH is 1. The molecule has 6 nitrogen and oxygen atoms in total. The van der Waals surface area contributed by atoms with Crippen LogP contribution in [0, 0.1) is 0 Å². The van der Waals surface area contributed by atoms with Crippen LogP contribution in [0.25, 0.3) is 0 Å². The third-order valence-electron chi connectivity index (χ3n) is 5.86. The molecule has 0 saturated carbocycles. The topological polar surface area (TPSA) is 74.7 Å². The van der Waals surface area contributed by atoms with Crippen LogP contribution >= 0.6 is 11.6 Å². The fourth-order valence-corrected chi connectivity index (χ4v) is 4.15. The Morgan fingerprint density at radius 3 is 2.39 bits per heavy atom. The maximum atomic E-state index is 13.8. The maximum Gasteiger partial charge on any atom is 0.461 e. The average Bonchev–Trinajstić information content (AvgIpc) is 2.87. The van der Waals surface area contributed by atoms with Gasteiger partial charge in [-0.15, -0.1) is 0 Å². The normalized spacial score (nSPS) is 13.3. The van der Waals surface area contributed by atoms with Gasteiger partial charge in [-0.2, -0.15) is 17.6 Å². The lowest BCUT2D eigenvalue weighted by atomic mass is 9.80. The number of aromatic nitrogens is 1. The van der Waals surface area contributed by atoms with E-state index in [1.54, 1.807) is 44.2 Å². The van der Waals surface area contributed by atoms with Gasteiger partial charge in [-0.25, -0.2) is 4.79 Å². The molecule has 38 heavy (non-hydrogen) atoms. The highest BCUT2D eigenvalue weighted by Gasteiger charge is 2.45. The molecule has 1 unspecified atom stereocenters. The number of nitrogens with one attached hydrogen (secondary N) is 1. The van der Waals surface area contributed by atoms with Gasteiger partial charge in [0.25, 0.3) is 0 Å². The molecule has 0 aliphatic heterocycles. The number of rotatable bonds is 11. The second-order valence-corrected chi connectivity index (χ2v) is 9.30. The summed E-state index contributed by atoms with van der Waals surface area (Å²) in [7, 11) is 0. The second-order valence-electron chi connectivity index (χ2n) is 8.86. The van der Waals surface area contributed by atoms with Gasteiger partial charge in [0.15, 0.2) is 0 Å². The number of hydrogen-bond acceptors (Lipinski definition) is 4. The summed E-state index contributed by atoms with van der Waals surface area (Å²) in [6.45, 7) is 3.29. The standard InChI is InChI=1S/C27H28ClF4N3O3/c1-18(2)35(13-14-36)25(37)34-26(16-19-7-4-3-5-8-19,23-12-11-21(28)17-33-23)20-9-6-10-22(15-20)38-27(31,32)24(29)30/h3-12,15,17-18,24,36H,13-14,16H2,1-2H3,(H,34,37). The first-order chi connectivity index (χ1) is 18.0. The lowest BCUT2D eigenvalue weighted by molar-refractivity contribution is -0.253. The van der Waals surface area contributed by atoms with Crippen LogP contribution in [0.3, 0.4) is 0 Å². The van der Waals surface area contributed by atoms with Gasteiger partial charge in [0.2, 0.25) is 0 Å². The third kappa shape index (κ3) is 6.93. The minimum Gasteiger partial charge on any atom is -0.428 e. The van der Waals surface area contributed by atoms with E-state index >= 15 is 0 Å². The molecule has 2 amide bonds. The Balaban J connectivity index is 2.23. The van der Waals surface area contributed by atoms with Crippen molar-refractivity contribution in [3.05, 3.63) is 94.8 Å². The van der Waals surface area contributed by atoms with Crippen LogP contribution in [0.15, 0.2) is 72.9 Å². The number of aliphatic hydroxyl groups is 1. The minimum absolute atomic E-state index is 0.0305. The van der Waals surface area contributed by atoms with Crippen molar-refractivity contribution in [2.45, 2.75) is 44.4 Å². The van der Waals surface area contributed by atoms with E-state index in [9.17, 15) is 27.5 Å². The number of benzene rings is 2. The van der Waals surface area contributed by atoms with Crippen LogP contribution < -0.4 is 10.1 Å². The van der Waals surface area contributed by atoms with Crippen molar-refractivity contribution in [2.24, 2.45) is 0 Å². The van der Waals surface area contributed by atoms with Crippen LogP contribution in [-0.2, 0) is 12.0 Å². The van der Waals surface area contributed by atoms with Gasteiger partial charge in [-0.3, -0.25) is 4.98 Å². The van der Waals surface area contributed by atoms with Gasteiger partial charge in [0.05, 0.1) is 17.3 Å². The number of amides is 2. The van der Waals surface area contributed by atoms with Crippen LogP contribution in [0.5, 0.6) is 5.75 Å². The van der Waals surface area contributed by atoms with E-state index in [1.807, 2.05) is 18.2 Å². The summed E-state index contributed by atoms with van der Waals surface area (Å²) in [6, 6.07) is 16.5. The van der Waals surface area contributed by atoms with E-state index < -0.39 is 29.9 Å². The molecular formula is C27H28ClF4N3O3. The van der Waals surface area contributed by atoms with Crippen molar-refractivity contribution < 1.29 is 32.2 Å². The van der Waals surface area contributed by atoms with Crippen molar-refractivity contribution in [1.29, 1.82) is 0 Å². The van der Waals surface area contributed by atoms with Crippen molar-refractivity contribution in [2.75, 3.05) is 13.2 Å². The SMILES string of the molecule is CC(C)N(CCO)C(=O)NC(Cc1ccccc1)(c1cccc(OC(F)(F)C(F)F)c1)c1ccc(Cl)cn1. The van der Waals surface area contributed by atoms with Gasteiger partial charge in [0.1, 0.15) is 11.3 Å². The van der Waals surface area contributed by atoms with Crippen LogP contribution in [0.1, 0.15) is 30.7 Å². The second kappa shape index (κ2) is 12.4. The van der Waals surface area contributed by atoms with Crippen molar-refractivity contribution >= 4 is 17.6 Å². The van der Waals surface area contributed by atoms with E-state index in [4.69, 9.17) is 11.6 Å². The first-order valence-electron chi connectivity index (χ1n) is 11.8. The quantitative estimate of drug-likeness (QED) is 0.291. The van der Waals surface area contributed by atoms with E-state index in [2.05, 4.69) is 15.0 Å². The molecule has 3 aromatic rings. The molecule has 0 aliphatic rings. The zero-order chi connectivity index (χ0) is 27.9. The van der Waals surface area contributed by atoms with Gasteiger partial charge in [-0.1, -0.05) is 54.1 Å². The molecule has 0 spiro atoms. The summed E-state index contributed by atoms with van der Waals surface area (Å²) in [4.78, 5) is 19.4. The molecule has 0 bridgehead atoms. The lowest BCUT2D eigenvalue weighted by Crippen LogP contribution is -2.55. The van der Waals surface area contributed by atoms with E-state index in [1.165, 1.54) is 23.2 Å². The zero-order valence-electron chi connectivity index (χ0n) is 20.8. The molecule has 2 aromatic carbocycles. The molecule has 1 heterocycles. The smallest absolute Gasteiger partial charge is 0.428 e. The number of hydrogen-bond donors (Lipinski definition) is 2. The third-order valence-corrected chi connectivity index (χ3v) is 6.08. The summed E-state index contributed by atoms with van der Waals surface area (Å²) in [6.07, 6.45) is -7.29. The summed E-state index contributed by atoms with van der Waals surface area (Å²) in [5.41, 5.74) is -0.165. The highest BCUT2D eigenvalue weighted by Crippen LogP contribution is 2.36. The summed E-state index contributed by atoms with van der Waals surface area (Å²) in [5, 5.41) is 12.8. The van der Waals surface area contributed by atoms with Gasteiger partial charge < -0.3 is 20.1 Å². The molecule has 204 valence electrons. The average molecular weight is 554 g/mol. The van der Waals surface area contributed by atoms with E-state index in [-0.39, 0.29) is 31.2 Å². The first-order valence-corrected chi connectivity index (χ1v) is 12.2. The molecule has 3 rings (SSSR count). The number of carbonyl (C=O) groups excluding carboxylic acids is 1. The Kier molecular flexibility index (Phi) is 9.56. The summed E-state index contributed by atoms with van der Waals surface area (Å²) >= 11 is 6.07. The van der Waals surface area contributed by atoms with Crippen LogP contribution in [0.4, 0.5) is 22.4 Å². The van der Waals surface area contributed by atoms with Gasteiger partial charge >= 0.3 is 18.6 Å². The van der Waals surface area contributed by atoms with Crippen molar-refractivity contribution in [3.63, 3.8) is 0 Å². The minimum atomic E-state index is -4.72. The highest BCUT2D eigenvalue weighted by atomic mass is 35.5. The predicted octanol–water partition coefficient (Wildman–Crippen LogP) is 5.87. The molecule has 0 fully saturated rings. The van der Waals surface area contributed by atoms with E-state index in [0.717, 1.165) is 11.6 Å². The molecule has 0 radical (unpaired) electrons. The van der Waals surface area contributed by atoms with Crippen LogP contribution in [-0.4, -0.2) is 52.7 Å². The molecule has 1 atom stereocenters. The molecular weight excluding hydrogens is 526 g/mol. The predicted molar refractivity (Wildman–Crippen MR) is 136 cm³/mol. The molecule has 11 heteroatoms. The number of urea groups is 1. The van der Waals surface area contributed by atoms with Crippen molar-refractivity contribution in [3.8, 4) is 5.75 Å². The molecule has 0 aliphatic carbocycles. The van der Waals surface area contributed by atoms with Crippen molar-refractivity contribution in [1.82, 2.24) is 15.2 Å². The fourth-order valence-electron chi connectivity index (χ4n) is 4.03. The first kappa shape index (κ1) is 29.2. The molecule has 2 N–H and O–H groups in total. The summed E-state index contributed by atoms with van der Waals surface area (Å²) < 4.78 is 57.6. The highest BCUT2D eigenvalue weighted by molar-refractivity contribution is 6.30. The Hall–Kier alpha value is -3.37. The lowest BCUT2D eigenvalue weighted by Gasteiger charge is -2.38. The number of nitrogens with zero attached hydrogens (tertiary/aromatic N) is 2. The van der Waals surface area contributed by atoms with E-state index in [0.29, 0.717) is 10.7 Å². The largest absolute Gasteiger partial charge is 0.461 e. The monoisotopic (exact) mass is 553 g/mol. The Bertz CT molecular complexity index is 1200. The molecule has 0 saturated heterocycles. The van der Waals surface area contributed by atoms with Crippen LogP contribution in [0.2, 0.25) is 5.02 Å². The zero-order valence-corrected chi connectivity index (χ0v) is 21.5. The Morgan fingerprint density at radius 2 is 1.82 bits per heavy atom. The maximum absolute atomic E-state index is 13.8. The number of ether oxygens (including phenoxy) is 1. The Labute approximate surface area is 223 Å². The van der Waals surface area contributed by atoms with Gasteiger partial charge in [-0.05, 0) is 49.2 Å². The number of pyridine rings is 1. The number of carbonyl (C=O) groups is 1. The fraction of sp³-hybridized carbons (Fsp3) is 0.333. The number of halogens is 5. The number of alkyl halides is 4.